The normalized spacial score (nSPS) is 28.7. The van der Waals surface area contributed by atoms with Gasteiger partial charge in [0.2, 0.25) is 5.91 Å². The number of rotatable bonds is 6. The van der Waals surface area contributed by atoms with Crippen molar-refractivity contribution in [3.8, 4) is 0 Å². The van der Waals surface area contributed by atoms with E-state index >= 15 is 0 Å². The molecule has 0 unspecified atom stereocenters. The summed E-state index contributed by atoms with van der Waals surface area (Å²) in [6.07, 6.45) is 3.05. The topological polar surface area (TPSA) is 68.2 Å². The Hall–Kier alpha value is -2.59. The molecule has 0 aromatic heterocycles. The molecule has 2 aromatic carbocycles. The van der Waals surface area contributed by atoms with E-state index in [2.05, 4.69) is 31.0 Å². The number of hydrogen-bond donors (Lipinski definition) is 1. The number of carbonyl (C=O) groups excluding carboxylic acids is 2. The summed E-state index contributed by atoms with van der Waals surface area (Å²) in [4.78, 5) is 40.1. The molecule has 2 aromatic rings. The largest absolute Gasteiger partial charge is 0.338 e. The van der Waals surface area contributed by atoms with Crippen molar-refractivity contribution in [2.24, 2.45) is 10.9 Å². The molecular formula is C34H38Cl2FN5O2S. The lowest BCUT2D eigenvalue weighted by Gasteiger charge is -2.38. The lowest BCUT2D eigenvalue weighted by Crippen LogP contribution is -2.58. The number of fused-ring (bicyclic) bond motifs is 1. The Morgan fingerprint density at radius 3 is 2.36 bits per heavy atom. The maximum absolute atomic E-state index is 14.6. The molecule has 0 bridgehead atoms. The van der Waals surface area contributed by atoms with Gasteiger partial charge in [-0.15, -0.1) is 0 Å². The van der Waals surface area contributed by atoms with Crippen LogP contribution >= 0.6 is 35.0 Å². The number of halogens is 3. The van der Waals surface area contributed by atoms with E-state index in [4.69, 9.17) is 28.2 Å². The fraction of sp³-hybridized carbons (Fsp3) is 0.500. The molecule has 1 spiro atoms. The highest BCUT2D eigenvalue weighted by Gasteiger charge is 2.55. The van der Waals surface area contributed by atoms with Crippen molar-refractivity contribution in [2.45, 2.75) is 75.7 Å². The maximum atomic E-state index is 14.6. The minimum absolute atomic E-state index is 0.0196. The third-order valence-corrected chi connectivity index (χ3v) is 11.7. The van der Waals surface area contributed by atoms with Crippen LogP contribution in [0.1, 0.15) is 63.6 Å². The molecule has 45 heavy (non-hydrogen) atoms. The zero-order chi connectivity index (χ0) is 31.7. The van der Waals surface area contributed by atoms with Gasteiger partial charge < -0.3 is 20.0 Å². The van der Waals surface area contributed by atoms with Crippen LogP contribution in [0.15, 0.2) is 64.1 Å². The fourth-order valence-corrected chi connectivity index (χ4v) is 9.21. The molecule has 4 heterocycles. The third-order valence-electron chi connectivity index (χ3n) is 10.1. The first-order valence-corrected chi connectivity index (χ1v) is 17.4. The van der Waals surface area contributed by atoms with Crippen LogP contribution in [0.4, 0.5) is 4.39 Å². The SMILES string of the molecule is CC(C)C1=C(C(=O)N2[C@H](CF)CC[C@H]2C(=O)N2CCNC3(CC3)C2)SC2=N[C@@](C)(c3ccc(Cl)cc3)[C@@H](c3ccc(Cl)cc3)N21. The number of benzene rings is 2. The first-order valence-electron chi connectivity index (χ1n) is 15.8. The minimum atomic E-state index is -0.690. The number of amidine groups is 1. The molecule has 0 radical (unpaired) electrons. The zero-order valence-corrected chi connectivity index (χ0v) is 28.1. The number of allylic oxidation sites excluding steroid dienone is 1. The molecule has 4 aliphatic heterocycles. The van der Waals surface area contributed by atoms with Crippen LogP contribution < -0.4 is 5.32 Å². The van der Waals surface area contributed by atoms with E-state index in [1.165, 1.54) is 11.8 Å². The van der Waals surface area contributed by atoms with Gasteiger partial charge in [-0.25, -0.2) is 9.38 Å². The Bertz CT molecular complexity index is 1580. The number of piperazine rings is 1. The molecular weight excluding hydrogens is 632 g/mol. The summed E-state index contributed by atoms with van der Waals surface area (Å²) in [6.45, 7) is 7.55. The summed E-state index contributed by atoms with van der Waals surface area (Å²) < 4.78 is 14.5. The number of aliphatic imine (C=N–C) groups is 1. The van der Waals surface area contributed by atoms with Crippen LogP contribution in [0.5, 0.6) is 0 Å². The Morgan fingerprint density at radius 1 is 1.07 bits per heavy atom. The number of carbonyl (C=O) groups is 2. The minimum Gasteiger partial charge on any atom is -0.338 e. The van der Waals surface area contributed by atoms with Gasteiger partial charge in [0.15, 0.2) is 5.17 Å². The molecule has 3 fully saturated rings. The summed E-state index contributed by atoms with van der Waals surface area (Å²) >= 11 is 13.9. The van der Waals surface area contributed by atoms with E-state index in [-0.39, 0.29) is 29.3 Å². The van der Waals surface area contributed by atoms with E-state index in [9.17, 15) is 14.0 Å². The standard InChI is InChI=1S/C34H38Cl2FN5O2S/c1-20(2)27-28(31(44)41-25(18-37)12-13-26(41)30(43)40-17-16-38-34(19-40)14-15-34)45-32-39-33(3,22-6-10-24(36)11-7-22)29(42(27)32)21-4-8-23(35)9-5-21/h4-11,20,25-26,29,38H,12-19H2,1-3H3/t25-,26-,29+,33-/m0/s1. The Morgan fingerprint density at radius 2 is 1.73 bits per heavy atom. The second-order valence-corrected chi connectivity index (χ2v) is 15.3. The van der Waals surface area contributed by atoms with Crippen LogP contribution in [0.2, 0.25) is 10.0 Å². The van der Waals surface area contributed by atoms with Crippen LogP contribution in [0.25, 0.3) is 0 Å². The van der Waals surface area contributed by atoms with Crippen molar-refractivity contribution < 1.29 is 14.0 Å². The molecule has 2 amide bonds. The zero-order valence-electron chi connectivity index (χ0n) is 25.7. The Labute approximate surface area is 278 Å². The summed E-state index contributed by atoms with van der Waals surface area (Å²) in [7, 11) is 0. The van der Waals surface area contributed by atoms with E-state index in [1.54, 1.807) is 4.90 Å². The predicted octanol–water partition coefficient (Wildman–Crippen LogP) is 6.53. The highest BCUT2D eigenvalue weighted by molar-refractivity contribution is 8.18. The molecule has 4 atom stereocenters. The molecule has 7 nitrogen and oxygen atoms in total. The second kappa shape index (κ2) is 11.6. The van der Waals surface area contributed by atoms with Crippen LogP contribution in [0.3, 0.4) is 0 Å². The second-order valence-electron chi connectivity index (χ2n) is 13.4. The van der Waals surface area contributed by atoms with Crippen LogP contribution in [-0.4, -0.2) is 75.6 Å². The molecule has 238 valence electrons. The first kappa shape index (κ1) is 31.0. The lowest BCUT2D eigenvalue weighted by atomic mass is 9.81. The number of nitrogens with zero attached hydrogens (tertiary/aromatic N) is 4. The van der Waals surface area contributed by atoms with Crippen molar-refractivity contribution >= 4 is 51.9 Å². The predicted molar refractivity (Wildman–Crippen MR) is 178 cm³/mol. The maximum Gasteiger partial charge on any atom is 0.263 e. The van der Waals surface area contributed by atoms with Crippen molar-refractivity contribution in [1.82, 2.24) is 20.0 Å². The highest BCUT2D eigenvalue weighted by atomic mass is 35.5. The van der Waals surface area contributed by atoms with Crippen molar-refractivity contribution in [1.29, 1.82) is 0 Å². The van der Waals surface area contributed by atoms with Crippen molar-refractivity contribution in [3.63, 3.8) is 0 Å². The van der Waals surface area contributed by atoms with Gasteiger partial charge in [0.05, 0.1) is 12.1 Å². The summed E-state index contributed by atoms with van der Waals surface area (Å²) in [5.74, 6) is -0.387. The lowest BCUT2D eigenvalue weighted by molar-refractivity contribution is -0.144. The summed E-state index contributed by atoms with van der Waals surface area (Å²) in [5.41, 5.74) is 2.18. The average Bonchev–Trinajstić information content (AvgIpc) is 3.35. The summed E-state index contributed by atoms with van der Waals surface area (Å²) in [6, 6.07) is 13.9. The van der Waals surface area contributed by atoms with Gasteiger partial charge >= 0.3 is 0 Å². The van der Waals surface area contributed by atoms with Crippen molar-refractivity contribution in [3.05, 3.63) is 80.3 Å². The number of likely N-dealkylation sites (tertiary alicyclic amines) is 1. The van der Waals surface area contributed by atoms with Gasteiger partial charge in [-0.3, -0.25) is 9.59 Å². The van der Waals surface area contributed by atoms with Gasteiger partial charge in [-0.2, -0.15) is 0 Å². The number of alkyl halides is 1. The molecule has 1 aliphatic carbocycles. The van der Waals surface area contributed by atoms with Gasteiger partial charge in [-0.05, 0) is 85.7 Å². The Balaban J connectivity index is 1.27. The van der Waals surface area contributed by atoms with E-state index < -0.39 is 24.3 Å². The fourth-order valence-electron chi connectivity index (χ4n) is 7.61. The van der Waals surface area contributed by atoms with Gasteiger partial charge in [0.25, 0.3) is 5.91 Å². The van der Waals surface area contributed by atoms with E-state index in [0.717, 1.165) is 41.4 Å². The third kappa shape index (κ3) is 5.28. The highest BCUT2D eigenvalue weighted by Crippen LogP contribution is 2.56. The smallest absolute Gasteiger partial charge is 0.263 e. The van der Waals surface area contributed by atoms with Crippen LogP contribution in [0, 0.1) is 5.92 Å². The first-order chi connectivity index (χ1) is 21.5. The number of hydrogen-bond acceptors (Lipinski definition) is 6. The van der Waals surface area contributed by atoms with Gasteiger partial charge in [0, 0.05) is 40.9 Å². The van der Waals surface area contributed by atoms with Crippen LogP contribution in [-0.2, 0) is 15.1 Å². The number of thioether (sulfide) groups is 1. The molecule has 1 N–H and O–H groups in total. The number of nitrogens with one attached hydrogen (secondary N) is 1. The molecule has 2 saturated heterocycles. The van der Waals surface area contributed by atoms with E-state index in [1.807, 2.05) is 53.4 Å². The van der Waals surface area contributed by atoms with Gasteiger partial charge in [-0.1, -0.05) is 61.3 Å². The van der Waals surface area contributed by atoms with Gasteiger partial charge in [0.1, 0.15) is 23.2 Å². The molecule has 7 rings (SSSR count). The molecule has 11 heteroatoms. The number of amides is 2. The average molecular weight is 671 g/mol. The molecule has 1 saturated carbocycles. The quantitative estimate of drug-likeness (QED) is 0.379. The molecule has 5 aliphatic rings. The van der Waals surface area contributed by atoms with Crippen molar-refractivity contribution in [2.75, 3.05) is 26.3 Å². The monoisotopic (exact) mass is 669 g/mol. The van der Waals surface area contributed by atoms with E-state index in [0.29, 0.717) is 40.9 Å². The summed E-state index contributed by atoms with van der Waals surface area (Å²) in [5, 5.41) is 5.55. The Kier molecular flexibility index (Phi) is 7.99.